The van der Waals surface area contributed by atoms with Gasteiger partial charge in [0.15, 0.2) is 22.4 Å². The molecule has 2 aromatic rings. The van der Waals surface area contributed by atoms with Crippen molar-refractivity contribution in [2.45, 2.75) is 6.61 Å². The molecular formula is C14H11Cl2NO3. The summed E-state index contributed by atoms with van der Waals surface area (Å²) in [5, 5.41) is 0.842. The van der Waals surface area contributed by atoms with Gasteiger partial charge in [0.2, 0.25) is 0 Å². The van der Waals surface area contributed by atoms with Crippen LogP contribution < -0.4 is 14.2 Å². The molecule has 0 bridgehead atoms. The molecule has 0 saturated carbocycles. The molecule has 2 heterocycles. The molecule has 0 fully saturated rings. The van der Waals surface area contributed by atoms with Crippen molar-refractivity contribution in [3.8, 4) is 17.2 Å². The molecule has 0 unspecified atom stereocenters. The van der Waals surface area contributed by atoms with Crippen LogP contribution in [-0.2, 0) is 6.61 Å². The summed E-state index contributed by atoms with van der Waals surface area (Å²) in [7, 11) is 0. The Bertz CT molecular complexity index is 634. The van der Waals surface area contributed by atoms with E-state index in [0.29, 0.717) is 47.2 Å². The number of hydrogen-bond acceptors (Lipinski definition) is 4. The highest BCUT2D eigenvalue weighted by Gasteiger charge is 2.17. The molecule has 1 aliphatic heterocycles. The monoisotopic (exact) mass is 311 g/mol. The molecule has 0 saturated heterocycles. The molecule has 6 heteroatoms. The summed E-state index contributed by atoms with van der Waals surface area (Å²) in [6.45, 7) is 1.34. The number of hydrogen-bond donors (Lipinski definition) is 0. The Balaban J connectivity index is 1.78. The third-order valence-corrected chi connectivity index (χ3v) is 3.34. The van der Waals surface area contributed by atoms with E-state index < -0.39 is 0 Å². The van der Waals surface area contributed by atoms with E-state index in [1.807, 2.05) is 6.07 Å². The number of ether oxygens (including phenoxy) is 3. The van der Waals surface area contributed by atoms with Crippen molar-refractivity contribution in [2.24, 2.45) is 0 Å². The van der Waals surface area contributed by atoms with Crippen LogP contribution in [0.1, 0.15) is 5.56 Å². The minimum Gasteiger partial charge on any atom is -0.486 e. The molecule has 4 nitrogen and oxygen atoms in total. The lowest BCUT2D eigenvalue weighted by atomic mass is 10.2. The van der Waals surface area contributed by atoms with Gasteiger partial charge in [0, 0.05) is 6.20 Å². The lowest BCUT2D eigenvalue weighted by Gasteiger charge is -2.20. The van der Waals surface area contributed by atoms with E-state index in [9.17, 15) is 0 Å². The largest absolute Gasteiger partial charge is 0.486 e. The summed E-state index contributed by atoms with van der Waals surface area (Å²) in [5.74, 6) is 1.75. The number of rotatable bonds is 3. The predicted molar refractivity (Wildman–Crippen MR) is 76.0 cm³/mol. The fraction of sp³-hybridized carbons (Fsp3) is 0.214. The highest BCUT2D eigenvalue weighted by molar-refractivity contribution is 6.32. The minimum atomic E-state index is 0.321. The average Bonchev–Trinajstić information content (AvgIpc) is 2.46. The third-order valence-electron chi connectivity index (χ3n) is 2.78. The van der Waals surface area contributed by atoms with E-state index in [0.717, 1.165) is 5.56 Å². The Hall–Kier alpha value is -1.65. The number of nitrogens with zero attached hydrogens (tertiary/aromatic N) is 1. The molecule has 3 rings (SSSR count). The number of fused-ring (bicyclic) bond motifs is 1. The number of aromatic nitrogens is 1. The second kappa shape index (κ2) is 5.77. The Morgan fingerprint density at radius 2 is 2.05 bits per heavy atom. The van der Waals surface area contributed by atoms with Gasteiger partial charge in [-0.2, -0.15) is 0 Å². The molecule has 0 amide bonds. The van der Waals surface area contributed by atoms with Gasteiger partial charge in [-0.1, -0.05) is 23.2 Å². The molecule has 0 spiro atoms. The average molecular weight is 312 g/mol. The first-order valence-electron chi connectivity index (χ1n) is 6.05. The number of pyridine rings is 1. The lowest BCUT2D eigenvalue weighted by Crippen LogP contribution is -2.16. The van der Waals surface area contributed by atoms with Gasteiger partial charge in [-0.05, 0) is 29.8 Å². The van der Waals surface area contributed by atoms with E-state index >= 15 is 0 Å². The van der Waals surface area contributed by atoms with Crippen molar-refractivity contribution in [3.63, 3.8) is 0 Å². The third kappa shape index (κ3) is 2.76. The molecular weight excluding hydrogens is 301 g/mol. The Labute approximate surface area is 126 Å². The van der Waals surface area contributed by atoms with E-state index in [-0.39, 0.29) is 0 Å². The second-order valence-electron chi connectivity index (χ2n) is 4.18. The Morgan fingerprint density at radius 1 is 1.20 bits per heavy atom. The van der Waals surface area contributed by atoms with Gasteiger partial charge in [-0.25, -0.2) is 4.98 Å². The number of benzene rings is 1. The molecule has 0 radical (unpaired) electrons. The van der Waals surface area contributed by atoms with Gasteiger partial charge in [-0.15, -0.1) is 0 Å². The van der Waals surface area contributed by atoms with Crippen molar-refractivity contribution in [2.75, 3.05) is 13.2 Å². The first kappa shape index (κ1) is 13.3. The van der Waals surface area contributed by atoms with Crippen LogP contribution in [0.15, 0.2) is 30.5 Å². The maximum Gasteiger partial charge on any atom is 0.179 e. The fourth-order valence-corrected chi connectivity index (χ4v) is 2.35. The van der Waals surface area contributed by atoms with Crippen molar-refractivity contribution in [1.29, 1.82) is 0 Å². The first-order valence-corrected chi connectivity index (χ1v) is 6.81. The summed E-state index contributed by atoms with van der Waals surface area (Å²) in [6.07, 6.45) is 1.61. The summed E-state index contributed by atoms with van der Waals surface area (Å²) in [6, 6.07) is 7.16. The Morgan fingerprint density at radius 3 is 2.90 bits per heavy atom. The van der Waals surface area contributed by atoms with E-state index in [1.165, 1.54) is 0 Å². The summed E-state index contributed by atoms with van der Waals surface area (Å²) >= 11 is 12.1. The van der Waals surface area contributed by atoms with Crippen molar-refractivity contribution < 1.29 is 14.2 Å². The first-order chi connectivity index (χ1) is 9.74. The maximum absolute atomic E-state index is 6.16. The molecule has 1 aromatic heterocycles. The van der Waals surface area contributed by atoms with Crippen LogP contribution in [0.5, 0.6) is 17.2 Å². The van der Waals surface area contributed by atoms with Gasteiger partial charge >= 0.3 is 0 Å². The smallest absolute Gasteiger partial charge is 0.179 e. The highest BCUT2D eigenvalue weighted by atomic mass is 35.5. The minimum absolute atomic E-state index is 0.321. The molecule has 20 heavy (non-hydrogen) atoms. The molecule has 0 N–H and O–H groups in total. The summed E-state index contributed by atoms with van der Waals surface area (Å²) in [5.41, 5.74) is 0.874. The maximum atomic E-state index is 6.16. The highest BCUT2D eigenvalue weighted by Crippen LogP contribution is 2.38. The van der Waals surface area contributed by atoms with E-state index in [4.69, 9.17) is 37.4 Å². The van der Waals surface area contributed by atoms with Gasteiger partial charge in [0.25, 0.3) is 0 Å². The zero-order chi connectivity index (χ0) is 13.9. The Kier molecular flexibility index (Phi) is 3.85. The lowest BCUT2D eigenvalue weighted by molar-refractivity contribution is 0.171. The van der Waals surface area contributed by atoms with Gasteiger partial charge in [-0.3, -0.25) is 0 Å². The SMILES string of the molecule is Clc1cc(COc2cccnc2Cl)cc2c1OCCO2. The topological polar surface area (TPSA) is 40.6 Å². The van der Waals surface area contributed by atoms with Crippen molar-refractivity contribution in [3.05, 3.63) is 46.2 Å². The zero-order valence-electron chi connectivity index (χ0n) is 10.4. The van der Waals surface area contributed by atoms with Crippen LogP contribution in [0.3, 0.4) is 0 Å². The molecule has 0 aliphatic carbocycles. The molecule has 1 aromatic carbocycles. The van der Waals surface area contributed by atoms with Crippen LogP contribution in [0, 0.1) is 0 Å². The molecule has 104 valence electrons. The van der Waals surface area contributed by atoms with Crippen LogP contribution in [0.2, 0.25) is 10.2 Å². The zero-order valence-corrected chi connectivity index (χ0v) is 11.9. The van der Waals surface area contributed by atoms with Gasteiger partial charge in [0.1, 0.15) is 19.8 Å². The predicted octanol–water partition coefficient (Wildman–Crippen LogP) is 3.74. The second-order valence-corrected chi connectivity index (χ2v) is 4.95. The van der Waals surface area contributed by atoms with E-state index in [2.05, 4.69) is 4.98 Å². The van der Waals surface area contributed by atoms with Crippen LogP contribution in [-0.4, -0.2) is 18.2 Å². The van der Waals surface area contributed by atoms with Crippen molar-refractivity contribution in [1.82, 2.24) is 4.98 Å². The standard InChI is InChI=1S/C14H11Cl2NO3/c15-10-6-9(7-12-13(10)19-5-4-18-12)8-20-11-2-1-3-17-14(11)16/h1-3,6-7H,4-5,8H2. The van der Waals surface area contributed by atoms with Crippen molar-refractivity contribution >= 4 is 23.2 Å². The van der Waals surface area contributed by atoms with Gasteiger partial charge < -0.3 is 14.2 Å². The molecule has 0 atom stereocenters. The van der Waals surface area contributed by atoms with Gasteiger partial charge in [0.05, 0.1) is 5.02 Å². The summed E-state index contributed by atoms with van der Waals surface area (Å²) in [4.78, 5) is 3.95. The van der Waals surface area contributed by atoms with E-state index in [1.54, 1.807) is 24.4 Å². The quantitative estimate of drug-likeness (QED) is 0.810. The number of halogens is 2. The molecule has 1 aliphatic rings. The van der Waals surface area contributed by atoms with Crippen LogP contribution in [0.4, 0.5) is 0 Å². The fourth-order valence-electron chi connectivity index (χ4n) is 1.89. The normalized spacial score (nSPS) is 13.1. The summed E-state index contributed by atoms with van der Waals surface area (Å²) < 4.78 is 16.6. The van der Waals surface area contributed by atoms with Crippen LogP contribution >= 0.6 is 23.2 Å². The van der Waals surface area contributed by atoms with Crippen LogP contribution in [0.25, 0.3) is 0 Å².